The molecule has 3 aliphatic rings. The average molecular weight is 625 g/mol. The van der Waals surface area contributed by atoms with Crippen molar-refractivity contribution < 1.29 is 28.7 Å². The molecule has 0 spiro atoms. The van der Waals surface area contributed by atoms with Crippen LogP contribution in [0.15, 0.2) is 42.5 Å². The zero-order valence-corrected chi connectivity index (χ0v) is 26.6. The number of amides is 4. The second kappa shape index (κ2) is 14.1. The first-order valence-electron chi connectivity index (χ1n) is 15.9. The van der Waals surface area contributed by atoms with Crippen LogP contribution in [0.25, 0.3) is 0 Å². The van der Waals surface area contributed by atoms with Crippen molar-refractivity contribution in [1.29, 1.82) is 5.26 Å². The summed E-state index contributed by atoms with van der Waals surface area (Å²) in [6.45, 7) is 7.12. The van der Waals surface area contributed by atoms with Gasteiger partial charge in [0.05, 0.1) is 18.6 Å². The van der Waals surface area contributed by atoms with Crippen LogP contribution in [0.4, 0.5) is 4.79 Å². The molecule has 0 saturated carbocycles. The Labute approximate surface area is 270 Å². The molecule has 0 aliphatic carbocycles. The van der Waals surface area contributed by atoms with Gasteiger partial charge in [-0.3, -0.25) is 19.7 Å². The molecule has 4 amide bonds. The summed E-state index contributed by atoms with van der Waals surface area (Å²) >= 11 is 0. The van der Waals surface area contributed by atoms with E-state index in [4.69, 9.17) is 9.47 Å². The number of carbonyl (C=O) groups is 4. The van der Waals surface area contributed by atoms with E-state index < -0.39 is 23.6 Å². The summed E-state index contributed by atoms with van der Waals surface area (Å²) in [6.07, 6.45) is 3.56. The quantitative estimate of drug-likeness (QED) is 0.251. The lowest BCUT2D eigenvalue weighted by Gasteiger charge is -2.29. The van der Waals surface area contributed by atoms with Gasteiger partial charge in [-0.1, -0.05) is 30.0 Å². The number of carbonyl (C=O) groups excluding carboxylic acids is 4. The number of imide groups is 1. The molecule has 5 rings (SSSR count). The number of rotatable bonds is 8. The lowest BCUT2D eigenvalue weighted by Crippen LogP contribution is -2.52. The topological polar surface area (TPSA) is 129 Å². The minimum Gasteiger partial charge on any atom is -0.494 e. The second-order valence-corrected chi connectivity index (χ2v) is 13.0. The van der Waals surface area contributed by atoms with Crippen molar-refractivity contribution in [1.82, 2.24) is 15.1 Å². The number of fused-ring (bicyclic) bond motifs is 1. The molecule has 2 fully saturated rings. The van der Waals surface area contributed by atoms with Crippen molar-refractivity contribution in [2.24, 2.45) is 5.92 Å². The number of nitrogens with one attached hydrogen (secondary N) is 1. The summed E-state index contributed by atoms with van der Waals surface area (Å²) in [5, 5.41) is 12.1. The Hall–Kier alpha value is -4.83. The van der Waals surface area contributed by atoms with E-state index in [0.29, 0.717) is 44.6 Å². The van der Waals surface area contributed by atoms with E-state index in [9.17, 15) is 24.4 Å². The van der Waals surface area contributed by atoms with Crippen LogP contribution in [0, 0.1) is 29.1 Å². The van der Waals surface area contributed by atoms with Gasteiger partial charge in [0, 0.05) is 49.5 Å². The Bertz CT molecular complexity index is 1610. The van der Waals surface area contributed by atoms with Gasteiger partial charge in [0.2, 0.25) is 11.8 Å². The van der Waals surface area contributed by atoms with Crippen molar-refractivity contribution >= 4 is 23.8 Å². The van der Waals surface area contributed by atoms with Gasteiger partial charge in [-0.2, -0.15) is 5.26 Å². The predicted molar refractivity (Wildman–Crippen MR) is 169 cm³/mol. The van der Waals surface area contributed by atoms with E-state index in [2.05, 4.69) is 23.2 Å². The van der Waals surface area contributed by atoms with Crippen molar-refractivity contribution in [2.75, 3.05) is 19.7 Å². The molecule has 3 atom stereocenters. The number of nitriles is 1. The number of benzene rings is 2. The van der Waals surface area contributed by atoms with Crippen molar-refractivity contribution in [3.8, 4) is 23.7 Å². The Morgan fingerprint density at radius 3 is 2.63 bits per heavy atom. The zero-order valence-electron chi connectivity index (χ0n) is 26.6. The van der Waals surface area contributed by atoms with Gasteiger partial charge in [-0.25, -0.2) is 4.79 Å². The fourth-order valence-corrected chi connectivity index (χ4v) is 6.13. The van der Waals surface area contributed by atoms with E-state index in [1.807, 2.05) is 57.2 Å². The third-order valence-corrected chi connectivity index (χ3v) is 8.44. The molecule has 2 saturated heterocycles. The molecule has 240 valence electrons. The number of likely N-dealkylation sites (tertiary alicyclic amines) is 1. The molecule has 0 radical (unpaired) electrons. The number of hydrogen-bond donors (Lipinski definition) is 1. The summed E-state index contributed by atoms with van der Waals surface area (Å²) in [4.78, 5) is 52.6. The fourth-order valence-electron chi connectivity index (χ4n) is 6.13. The molecular formula is C36H40N4O6. The summed E-state index contributed by atoms with van der Waals surface area (Å²) in [5.41, 5.74) is 2.56. The SMILES string of the molecule is CC(C)(C)OC(=O)N1C[C@@H](C#N)[C@H](c2cccc(OCCCCCC#Cc3cccc4c3CN([C@@H]3CCC(=O)NC3=O)C4=O)c2)C1. The summed E-state index contributed by atoms with van der Waals surface area (Å²) in [6, 6.07) is 14.9. The van der Waals surface area contributed by atoms with E-state index in [0.717, 1.165) is 41.7 Å². The first-order chi connectivity index (χ1) is 22.0. The standard InChI is InChI=1S/C36H40N4O6/c1-36(2,3)46-35(44)39-21-26(20-37)29(22-39)25-13-9-14-27(19-25)45-18-8-6-4-5-7-11-24-12-10-15-28-30(24)23-40(34(28)43)31-16-17-32(41)38-33(31)42/h9-10,12-15,19,26,29,31H,4-6,8,16-18,21-23H2,1-3H3,(H,38,41,42)/t26-,29+,31-/m1/s1. The highest BCUT2D eigenvalue weighted by atomic mass is 16.6. The largest absolute Gasteiger partial charge is 0.494 e. The molecule has 10 heteroatoms. The van der Waals surface area contributed by atoms with E-state index in [-0.39, 0.29) is 30.1 Å². The van der Waals surface area contributed by atoms with Crippen molar-refractivity contribution in [3.05, 3.63) is 64.7 Å². The van der Waals surface area contributed by atoms with Crippen LogP contribution >= 0.6 is 0 Å². The second-order valence-electron chi connectivity index (χ2n) is 13.0. The van der Waals surface area contributed by atoms with Crippen LogP contribution < -0.4 is 10.1 Å². The predicted octanol–water partition coefficient (Wildman–Crippen LogP) is 4.91. The number of unbranched alkanes of at least 4 members (excludes halogenated alkanes) is 3. The van der Waals surface area contributed by atoms with E-state index >= 15 is 0 Å². The molecule has 1 N–H and O–H groups in total. The number of ether oxygens (including phenoxy) is 2. The summed E-state index contributed by atoms with van der Waals surface area (Å²) in [5.74, 6) is 5.84. The van der Waals surface area contributed by atoms with Crippen molar-refractivity contribution in [2.45, 2.75) is 83.4 Å². The van der Waals surface area contributed by atoms with Gasteiger partial charge in [-0.05, 0) is 81.8 Å². The van der Waals surface area contributed by atoms with Gasteiger partial charge >= 0.3 is 6.09 Å². The molecule has 0 bridgehead atoms. The first-order valence-corrected chi connectivity index (χ1v) is 15.9. The maximum absolute atomic E-state index is 13.0. The summed E-state index contributed by atoms with van der Waals surface area (Å²) in [7, 11) is 0. The normalized spacial score (nSPS) is 20.8. The number of piperidine rings is 1. The third-order valence-electron chi connectivity index (χ3n) is 8.44. The highest BCUT2D eigenvalue weighted by Crippen LogP contribution is 2.35. The van der Waals surface area contributed by atoms with E-state index in [1.54, 1.807) is 15.9 Å². The minimum atomic E-state index is -0.644. The van der Waals surface area contributed by atoms with Crippen LogP contribution in [0.1, 0.15) is 92.3 Å². The Morgan fingerprint density at radius 2 is 1.87 bits per heavy atom. The Balaban J connectivity index is 1.07. The summed E-state index contributed by atoms with van der Waals surface area (Å²) < 4.78 is 11.5. The molecule has 10 nitrogen and oxygen atoms in total. The Kier molecular flexibility index (Phi) is 9.96. The average Bonchev–Trinajstić information content (AvgIpc) is 3.60. The van der Waals surface area contributed by atoms with E-state index in [1.165, 1.54) is 0 Å². The van der Waals surface area contributed by atoms with Gasteiger partial charge in [0.25, 0.3) is 5.91 Å². The van der Waals surface area contributed by atoms with Crippen LogP contribution in [-0.2, 0) is 20.9 Å². The lowest BCUT2D eigenvalue weighted by molar-refractivity contribution is -0.136. The number of nitrogens with zero attached hydrogens (tertiary/aromatic N) is 3. The fraction of sp³-hybridized carbons (Fsp3) is 0.472. The molecule has 46 heavy (non-hydrogen) atoms. The van der Waals surface area contributed by atoms with Gasteiger partial charge in [0.15, 0.2) is 0 Å². The highest BCUT2D eigenvalue weighted by molar-refractivity contribution is 6.05. The van der Waals surface area contributed by atoms with Crippen LogP contribution in [0.5, 0.6) is 5.75 Å². The molecule has 2 aromatic carbocycles. The molecule has 3 aliphatic heterocycles. The number of hydrogen-bond acceptors (Lipinski definition) is 7. The van der Waals surface area contributed by atoms with Gasteiger partial charge in [-0.15, -0.1) is 0 Å². The van der Waals surface area contributed by atoms with Gasteiger partial charge in [0.1, 0.15) is 17.4 Å². The minimum absolute atomic E-state index is 0.107. The maximum Gasteiger partial charge on any atom is 0.410 e. The molecule has 0 aromatic heterocycles. The molecular weight excluding hydrogens is 584 g/mol. The van der Waals surface area contributed by atoms with Crippen molar-refractivity contribution in [3.63, 3.8) is 0 Å². The van der Waals surface area contributed by atoms with Crippen LogP contribution in [0.3, 0.4) is 0 Å². The zero-order chi connectivity index (χ0) is 32.8. The molecule has 2 aromatic rings. The molecule has 0 unspecified atom stereocenters. The van der Waals surface area contributed by atoms with Gasteiger partial charge < -0.3 is 19.3 Å². The lowest BCUT2D eigenvalue weighted by atomic mass is 9.90. The smallest absolute Gasteiger partial charge is 0.410 e. The van der Waals surface area contributed by atoms with Crippen LogP contribution in [-0.4, -0.2) is 65.0 Å². The Morgan fingerprint density at radius 1 is 1.07 bits per heavy atom. The monoisotopic (exact) mass is 624 g/mol. The molecule has 3 heterocycles. The van der Waals surface area contributed by atoms with Crippen LogP contribution in [0.2, 0.25) is 0 Å². The first kappa shape index (κ1) is 32.6. The highest BCUT2D eigenvalue weighted by Gasteiger charge is 2.40. The maximum atomic E-state index is 13.0. The third kappa shape index (κ3) is 7.69.